The van der Waals surface area contributed by atoms with E-state index in [9.17, 15) is 13.9 Å². The van der Waals surface area contributed by atoms with E-state index < -0.39 is 17.2 Å². The number of aliphatic hydroxyl groups is 1. The Bertz CT molecular complexity index is 566. The largest absolute Gasteiger partial charge is 0.385 e. The van der Waals surface area contributed by atoms with Gasteiger partial charge in [-0.25, -0.2) is 13.8 Å². The van der Waals surface area contributed by atoms with Crippen LogP contribution in [0.4, 0.5) is 8.78 Å². The Hall–Kier alpha value is -1.33. The zero-order valence-electron chi connectivity index (χ0n) is 10.1. The molecule has 0 saturated carbocycles. The molecule has 0 aliphatic carbocycles. The molecule has 0 fully saturated rings. The SMILES string of the molecule is Cc1csc(CC(C)(O)c2cccc(F)c2F)n1. The van der Waals surface area contributed by atoms with Crippen LogP contribution in [-0.4, -0.2) is 10.1 Å². The van der Waals surface area contributed by atoms with E-state index in [1.165, 1.54) is 30.4 Å². The van der Waals surface area contributed by atoms with Gasteiger partial charge in [-0.1, -0.05) is 12.1 Å². The molecule has 18 heavy (non-hydrogen) atoms. The Labute approximate surface area is 108 Å². The van der Waals surface area contributed by atoms with E-state index in [-0.39, 0.29) is 12.0 Å². The fourth-order valence-electron chi connectivity index (χ4n) is 1.79. The molecule has 1 heterocycles. The summed E-state index contributed by atoms with van der Waals surface area (Å²) in [5.74, 6) is -1.96. The minimum Gasteiger partial charge on any atom is -0.385 e. The second-order valence-electron chi connectivity index (χ2n) is 4.43. The summed E-state index contributed by atoms with van der Waals surface area (Å²) in [6, 6.07) is 3.80. The second kappa shape index (κ2) is 4.74. The molecule has 1 aromatic heterocycles. The molecular formula is C13H13F2NOS. The molecule has 2 rings (SSSR count). The number of aromatic nitrogens is 1. The third-order valence-electron chi connectivity index (χ3n) is 2.69. The molecule has 2 aromatic rings. The van der Waals surface area contributed by atoms with Gasteiger partial charge >= 0.3 is 0 Å². The Balaban J connectivity index is 2.33. The molecule has 5 heteroatoms. The van der Waals surface area contributed by atoms with Gasteiger partial charge < -0.3 is 5.11 Å². The minimum absolute atomic E-state index is 0.0460. The van der Waals surface area contributed by atoms with Gasteiger partial charge in [0.05, 0.1) is 10.6 Å². The van der Waals surface area contributed by atoms with Gasteiger partial charge in [0.1, 0.15) is 0 Å². The third kappa shape index (κ3) is 2.57. The predicted molar refractivity (Wildman–Crippen MR) is 66.5 cm³/mol. The molecule has 1 atom stereocenters. The van der Waals surface area contributed by atoms with Gasteiger partial charge in [-0.2, -0.15) is 0 Å². The van der Waals surface area contributed by atoms with Crippen LogP contribution in [0.25, 0.3) is 0 Å². The normalized spacial score (nSPS) is 14.5. The molecular weight excluding hydrogens is 256 g/mol. The van der Waals surface area contributed by atoms with E-state index in [1.807, 2.05) is 12.3 Å². The molecule has 2 nitrogen and oxygen atoms in total. The number of rotatable bonds is 3. The fraction of sp³-hybridized carbons (Fsp3) is 0.308. The second-order valence-corrected chi connectivity index (χ2v) is 5.38. The molecule has 1 N–H and O–H groups in total. The van der Waals surface area contributed by atoms with E-state index in [1.54, 1.807) is 0 Å². The monoisotopic (exact) mass is 269 g/mol. The van der Waals surface area contributed by atoms with Crippen molar-refractivity contribution in [1.82, 2.24) is 4.98 Å². The van der Waals surface area contributed by atoms with Crippen LogP contribution in [0, 0.1) is 18.6 Å². The maximum atomic E-state index is 13.7. The van der Waals surface area contributed by atoms with Gasteiger partial charge in [0.2, 0.25) is 0 Å². The quantitative estimate of drug-likeness (QED) is 0.928. The van der Waals surface area contributed by atoms with Crippen LogP contribution in [0.2, 0.25) is 0 Å². The number of thiazole rings is 1. The van der Waals surface area contributed by atoms with Crippen molar-refractivity contribution in [1.29, 1.82) is 0 Å². The first kappa shape index (κ1) is 13.1. The van der Waals surface area contributed by atoms with Crippen molar-refractivity contribution >= 4 is 11.3 Å². The molecule has 0 radical (unpaired) electrons. The van der Waals surface area contributed by atoms with Gasteiger partial charge in [0.25, 0.3) is 0 Å². The van der Waals surface area contributed by atoms with E-state index in [0.29, 0.717) is 5.01 Å². The highest BCUT2D eigenvalue weighted by Crippen LogP contribution is 2.29. The maximum Gasteiger partial charge on any atom is 0.164 e. The first-order chi connectivity index (χ1) is 8.40. The fourth-order valence-corrected chi connectivity index (χ4v) is 2.71. The van der Waals surface area contributed by atoms with E-state index in [2.05, 4.69) is 4.98 Å². The molecule has 1 unspecified atom stereocenters. The number of halogens is 2. The molecule has 0 bridgehead atoms. The first-order valence-corrected chi connectivity index (χ1v) is 6.36. The summed E-state index contributed by atoms with van der Waals surface area (Å²) in [5.41, 5.74) is -0.669. The van der Waals surface area contributed by atoms with Crippen LogP contribution in [0.3, 0.4) is 0 Å². The lowest BCUT2D eigenvalue weighted by Gasteiger charge is -2.23. The number of nitrogens with zero attached hydrogens (tertiary/aromatic N) is 1. The summed E-state index contributed by atoms with van der Waals surface area (Å²) in [4.78, 5) is 4.22. The zero-order chi connectivity index (χ0) is 13.3. The average Bonchev–Trinajstić information content (AvgIpc) is 2.67. The summed E-state index contributed by atoms with van der Waals surface area (Å²) < 4.78 is 26.8. The van der Waals surface area contributed by atoms with Crippen molar-refractivity contribution in [3.8, 4) is 0 Å². The smallest absolute Gasteiger partial charge is 0.164 e. The van der Waals surface area contributed by atoms with Crippen LogP contribution in [0.1, 0.15) is 23.2 Å². The third-order valence-corrected chi connectivity index (χ3v) is 3.66. The average molecular weight is 269 g/mol. The number of benzene rings is 1. The molecule has 0 aliphatic rings. The van der Waals surface area contributed by atoms with Crippen molar-refractivity contribution in [3.05, 3.63) is 51.5 Å². The Kier molecular flexibility index (Phi) is 3.45. The summed E-state index contributed by atoms with van der Waals surface area (Å²) in [6.45, 7) is 3.30. The Morgan fingerprint density at radius 2 is 2.11 bits per heavy atom. The Morgan fingerprint density at radius 1 is 1.39 bits per heavy atom. The van der Waals surface area contributed by atoms with E-state index >= 15 is 0 Å². The van der Waals surface area contributed by atoms with Crippen LogP contribution in [0.5, 0.6) is 0 Å². The van der Waals surface area contributed by atoms with Crippen LogP contribution >= 0.6 is 11.3 Å². The highest BCUT2D eigenvalue weighted by atomic mass is 32.1. The molecule has 96 valence electrons. The zero-order valence-corrected chi connectivity index (χ0v) is 10.9. The molecule has 0 aliphatic heterocycles. The van der Waals surface area contributed by atoms with Gasteiger partial charge in [-0.15, -0.1) is 11.3 Å². The number of hydrogen-bond donors (Lipinski definition) is 1. The topological polar surface area (TPSA) is 33.1 Å². The van der Waals surface area contributed by atoms with Crippen LogP contribution < -0.4 is 0 Å². The standard InChI is InChI=1S/C13H13F2NOS/c1-8-7-18-11(16-8)6-13(2,17)9-4-3-5-10(14)12(9)15/h3-5,7,17H,6H2,1-2H3. The summed E-state index contributed by atoms with van der Waals surface area (Å²) in [7, 11) is 0. The van der Waals surface area contributed by atoms with Crippen molar-refractivity contribution in [2.75, 3.05) is 0 Å². The van der Waals surface area contributed by atoms with Crippen LogP contribution in [-0.2, 0) is 12.0 Å². The molecule has 0 saturated heterocycles. The van der Waals surface area contributed by atoms with Crippen LogP contribution in [0.15, 0.2) is 23.6 Å². The first-order valence-electron chi connectivity index (χ1n) is 5.48. The van der Waals surface area contributed by atoms with Crippen molar-refractivity contribution in [2.45, 2.75) is 25.9 Å². The summed E-state index contributed by atoms with van der Waals surface area (Å²) in [5, 5.41) is 12.9. The van der Waals surface area contributed by atoms with Crippen molar-refractivity contribution in [2.24, 2.45) is 0 Å². The Morgan fingerprint density at radius 3 is 2.72 bits per heavy atom. The molecule has 0 amide bonds. The highest BCUT2D eigenvalue weighted by Gasteiger charge is 2.29. The minimum atomic E-state index is -1.48. The number of aryl methyl sites for hydroxylation is 1. The lowest BCUT2D eigenvalue weighted by atomic mass is 9.92. The van der Waals surface area contributed by atoms with E-state index in [4.69, 9.17) is 0 Å². The highest BCUT2D eigenvalue weighted by molar-refractivity contribution is 7.09. The summed E-state index contributed by atoms with van der Waals surface area (Å²) in [6.07, 6.45) is 0.159. The van der Waals surface area contributed by atoms with Gasteiger partial charge in [-0.3, -0.25) is 0 Å². The molecule has 1 aromatic carbocycles. The van der Waals surface area contributed by atoms with Gasteiger partial charge in [0, 0.05) is 23.1 Å². The van der Waals surface area contributed by atoms with Crippen molar-refractivity contribution < 1.29 is 13.9 Å². The van der Waals surface area contributed by atoms with Gasteiger partial charge in [0.15, 0.2) is 11.6 Å². The predicted octanol–water partition coefficient (Wildman–Crippen LogP) is 3.18. The van der Waals surface area contributed by atoms with Crippen molar-refractivity contribution in [3.63, 3.8) is 0 Å². The maximum absolute atomic E-state index is 13.7. The molecule has 0 spiro atoms. The van der Waals surface area contributed by atoms with E-state index in [0.717, 1.165) is 11.8 Å². The lowest BCUT2D eigenvalue weighted by molar-refractivity contribution is 0.0529. The summed E-state index contributed by atoms with van der Waals surface area (Å²) >= 11 is 1.39. The number of hydrogen-bond acceptors (Lipinski definition) is 3. The lowest BCUT2D eigenvalue weighted by Crippen LogP contribution is -2.26. The van der Waals surface area contributed by atoms with Gasteiger partial charge in [-0.05, 0) is 19.9 Å².